The molecule has 1 atom stereocenters. The van der Waals surface area contributed by atoms with Crippen LogP contribution in [0.4, 0.5) is 0 Å². The maximum Gasteiger partial charge on any atom is 0.140 e. The van der Waals surface area contributed by atoms with Crippen molar-refractivity contribution in [3.05, 3.63) is 0 Å². The zero-order chi connectivity index (χ0) is 11.7. The average Bonchev–Trinajstić information content (AvgIpc) is 2.17. The summed E-state index contributed by atoms with van der Waals surface area (Å²) in [4.78, 5) is 21.8. The van der Waals surface area contributed by atoms with E-state index in [4.69, 9.17) is 10.5 Å². The van der Waals surface area contributed by atoms with Crippen molar-refractivity contribution in [3.63, 3.8) is 0 Å². The third-order valence-electron chi connectivity index (χ3n) is 2.00. The van der Waals surface area contributed by atoms with E-state index in [0.29, 0.717) is 19.3 Å². The zero-order valence-electron chi connectivity index (χ0n) is 8.82. The lowest BCUT2D eigenvalue weighted by Crippen LogP contribution is -2.07. The molecule has 0 aromatic carbocycles. The van der Waals surface area contributed by atoms with Crippen LogP contribution in [0.5, 0.6) is 0 Å². The van der Waals surface area contributed by atoms with Gasteiger partial charge in [-0.2, -0.15) is 10.5 Å². The van der Waals surface area contributed by atoms with E-state index in [9.17, 15) is 9.59 Å². The average molecular weight is 206 g/mol. The fourth-order valence-corrected chi connectivity index (χ4v) is 1.21. The number of hydrogen-bond acceptors (Lipinski definition) is 4. The second-order valence-corrected chi connectivity index (χ2v) is 3.48. The van der Waals surface area contributed by atoms with Gasteiger partial charge in [0.1, 0.15) is 11.6 Å². The SMILES string of the molecule is CC(=O)CC(=O)CCC(C#N)CCC#N. The van der Waals surface area contributed by atoms with Crippen LogP contribution in [0.3, 0.4) is 0 Å². The van der Waals surface area contributed by atoms with E-state index in [1.807, 2.05) is 6.07 Å². The monoisotopic (exact) mass is 206 g/mol. The van der Waals surface area contributed by atoms with E-state index < -0.39 is 0 Å². The maximum absolute atomic E-state index is 11.2. The second-order valence-electron chi connectivity index (χ2n) is 3.48. The summed E-state index contributed by atoms with van der Waals surface area (Å²) in [6.45, 7) is 1.37. The van der Waals surface area contributed by atoms with Gasteiger partial charge in [-0.15, -0.1) is 0 Å². The Balaban J connectivity index is 3.82. The molecule has 0 N–H and O–H groups in total. The Kier molecular flexibility index (Phi) is 6.84. The highest BCUT2D eigenvalue weighted by Crippen LogP contribution is 2.13. The summed E-state index contributed by atoms with van der Waals surface area (Å²) in [7, 11) is 0. The lowest BCUT2D eigenvalue weighted by molar-refractivity contribution is -0.126. The number of nitriles is 2. The van der Waals surface area contributed by atoms with Gasteiger partial charge in [-0.25, -0.2) is 0 Å². The van der Waals surface area contributed by atoms with Crippen molar-refractivity contribution in [2.75, 3.05) is 0 Å². The Labute approximate surface area is 89.5 Å². The number of nitrogens with zero attached hydrogens (tertiary/aromatic N) is 2. The molecule has 0 bridgehead atoms. The Morgan fingerprint density at radius 2 is 1.93 bits per heavy atom. The van der Waals surface area contributed by atoms with E-state index in [0.717, 1.165) is 0 Å². The molecule has 0 aliphatic carbocycles. The lowest BCUT2D eigenvalue weighted by atomic mass is 9.97. The number of ketones is 2. The van der Waals surface area contributed by atoms with E-state index in [-0.39, 0.29) is 30.3 Å². The first-order valence-corrected chi connectivity index (χ1v) is 4.87. The number of hydrogen-bond donors (Lipinski definition) is 0. The van der Waals surface area contributed by atoms with Crippen LogP contribution >= 0.6 is 0 Å². The molecular formula is C11H14N2O2. The minimum Gasteiger partial charge on any atom is -0.300 e. The van der Waals surface area contributed by atoms with Crippen molar-refractivity contribution in [2.45, 2.75) is 39.0 Å². The molecule has 0 aliphatic rings. The van der Waals surface area contributed by atoms with E-state index >= 15 is 0 Å². The van der Waals surface area contributed by atoms with Gasteiger partial charge in [0, 0.05) is 18.8 Å². The smallest absolute Gasteiger partial charge is 0.140 e. The molecule has 1 unspecified atom stereocenters. The number of carbonyl (C=O) groups excluding carboxylic acids is 2. The first-order chi connectivity index (χ1) is 7.10. The van der Waals surface area contributed by atoms with Crippen LogP contribution in [0.1, 0.15) is 39.0 Å². The highest BCUT2D eigenvalue weighted by molar-refractivity contribution is 5.97. The van der Waals surface area contributed by atoms with Gasteiger partial charge in [0.05, 0.1) is 18.6 Å². The molecule has 0 saturated carbocycles. The Morgan fingerprint density at radius 3 is 2.40 bits per heavy atom. The fraction of sp³-hybridized carbons (Fsp3) is 0.636. The molecule has 15 heavy (non-hydrogen) atoms. The van der Waals surface area contributed by atoms with Crippen LogP contribution in [0.2, 0.25) is 0 Å². The molecule has 80 valence electrons. The topological polar surface area (TPSA) is 81.7 Å². The lowest BCUT2D eigenvalue weighted by Gasteiger charge is -2.04. The fourth-order valence-electron chi connectivity index (χ4n) is 1.21. The predicted molar refractivity (Wildman–Crippen MR) is 53.5 cm³/mol. The predicted octanol–water partition coefficient (Wildman–Crippen LogP) is 1.76. The van der Waals surface area contributed by atoms with Crippen molar-refractivity contribution in [3.8, 4) is 12.1 Å². The Hall–Kier alpha value is -1.68. The number of Topliss-reactive ketones (excluding diaryl/α,β-unsaturated/α-hetero) is 2. The van der Waals surface area contributed by atoms with Crippen LogP contribution in [0, 0.1) is 28.6 Å². The highest BCUT2D eigenvalue weighted by Gasteiger charge is 2.11. The third kappa shape index (κ3) is 7.40. The van der Waals surface area contributed by atoms with Crippen LogP contribution in [-0.4, -0.2) is 11.6 Å². The Morgan fingerprint density at radius 1 is 1.27 bits per heavy atom. The van der Waals surface area contributed by atoms with Crippen molar-refractivity contribution in [1.82, 2.24) is 0 Å². The standard InChI is InChI=1S/C11H14N2O2/c1-9(14)7-11(15)5-4-10(8-13)3-2-6-12/h10H,2-5,7H2,1H3. The van der Waals surface area contributed by atoms with Gasteiger partial charge >= 0.3 is 0 Å². The van der Waals surface area contributed by atoms with Crippen molar-refractivity contribution in [1.29, 1.82) is 10.5 Å². The van der Waals surface area contributed by atoms with Crippen LogP contribution in [0.15, 0.2) is 0 Å². The third-order valence-corrected chi connectivity index (χ3v) is 2.00. The molecule has 0 saturated heterocycles. The quantitative estimate of drug-likeness (QED) is 0.594. The summed E-state index contributed by atoms with van der Waals surface area (Å²) < 4.78 is 0. The normalized spacial score (nSPS) is 11.1. The van der Waals surface area contributed by atoms with E-state index in [2.05, 4.69) is 6.07 Å². The van der Waals surface area contributed by atoms with Crippen molar-refractivity contribution < 1.29 is 9.59 Å². The van der Waals surface area contributed by atoms with Crippen molar-refractivity contribution >= 4 is 11.6 Å². The summed E-state index contributed by atoms with van der Waals surface area (Å²) in [5, 5.41) is 17.0. The second kappa shape index (κ2) is 7.70. The van der Waals surface area contributed by atoms with Crippen LogP contribution in [0.25, 0.3) is 0 Å². The molecule has 0 aromatic rings. The molecule has 0 rings (SSSR count). The first-order valence-electron chi connectivity index (χ1n) is 4.87. The molecule has 0 amide bonds. The largest absolute Gasteiger partial charge is 0.300 e. The minimum absolute atomic E-state index is 0.0452. The summed E-state index contributed by atoms with van der Waals surface area (Å²) in [5.41, 5.74) is 0. The number of rotatable bonds is 7. The van der Waals surface area contributed by atoms with Gasteiger partial charge in [0.15, 0.2) is 0 Å². The summed E-state index contributed by atoms with van der Waals surface area (Å²) in [6.07, 6.45) is 1.49. The summed E-state index contributed by atoms with van der Waals surface area (Å²) >= 11 is 0. The molecule has 4 nitrogen and oxygen atoms in total. The van der Waals surface area contributed by atoms with Gasteiger partial charge in [-0.1, -0.05) is 0 Å². The van der Waals surface area contributed by atoms with Gasteiger partial charge < -0.3 is 0 Å². The molecule has 0 aromatic heterocycles. The number of carbonyl (C=O) groups is 2. The minimum atomic E-state index is -0.249. The molecule has 0 aliphatic heterocycles. The zero-order valence-corrected chi connectivity index (χ0v) is 8.82. The first kappa shape index (κ1) is 13.3. The van der Waals surface area contributed by atoms with Crippen LogP contribution in [-0.2, 0) is 9.59 Å². The molecular weight excluding hydrogens is 192 g/mol. The molecule has 0 heterocycles. The van der Waals surface area contributed by atoms with Gasteiger partial charge in [0.25, 0.3) is 0 Å². The van der Waals surface area contributed by atoms with Crippen LogP contribution < -0.4 is 0 Å². The van der Waals surface area contributed by atoms with Gasteiger partial charge in [0.2, 0.25) is 0 Å². The summed E-state index contributed by atoms with van der Waals surface area (Å²) in [5.74, 6) is -0.522. The van der Waals surface area contributed by atoms with E-state index in [1.165, 1.54) is 6.92 Å². The molecule has 0 fully saturated rings. The maximum atomic E-state index is 11.2. The Bertz CT molecular complexity index is 310. The molecule has 0 radical (unpaired) electrons. The van der Waals surface area contributed by atoms with Gasteiger partial charge in [-0.3, -0.25) is 9.59 Å². The highest BCUT2D eigenvalue weighted by atomic mass is 16.1. The van der Waals surface area contributed by atoms with Crippen molar-refractivity contribution in [2.24, 2.45) is 5.92 Å². The molecule has 4 heteroatoms. The summed E-state index contributed by atoms with van der Waals surface area (Å²) in [6, 6.07) is 4.02. The van der Waals surface area contributed by atoms with E-state index in [1.54, 1.807) is 0 Å². The van der Waals surface area contributed by atoms with Gasteiger partial charge in [-0.05, 0) is 19.8 Å². The molecule has 0 spiro atoms.